The van der Waals surface area contributed by atoms with Crippen molar-refractivity contribution in [3.8, 4) is 28.6 Å². The van der Waals surface area contributed by atoms with Crippen LogP contribution in [0.2, 0.25) is 0 Å². The van der Waals surface area contributed by atoms with Crippen LogP contribution in [0.1, 0.15) is 81.1 Å². The van der Waals surface area contributed by atoms with Crippen LogP contribution in [0.4, 0.5) is 19.3 Å². The number of likely N-dealkylation sites (N-methyl/N-ethyl adjacent to an activating group) is 1. The number of rotatable bonds is 22. The fraction of sp³-hybridized carbons (Fsp3) is 0.383. The molecule has 19 nitrogen and oxygen atoms in total. The van der Waals surface area contributed by atoms with Gasteiger partial charge in [-0.25, -0.2) is 37.7 Å². The molecule has 2 atom stereocenters. The van der Waals surface area contributed by atoms with Crippen molar-refractivity contribution in [3.63, 3.8) is 0 Å². The van der Waals surface area contributed by atoms with E-state index in [0.29, 0.717) is 51.5 Å². The highest BCUT2D eigenvalue weighted by Gasteiger charge is 2.39. The first kappa shape index (κ1) is 60.0. The third-order valence-electron chi connectivity index (χ3n) is 15.0. The number of piperazine rings is 1. The van der Waals surface area contributed by atoms with E-state index in [1.165, 1.54) is 46.2 Å². The predicted molar refractivity (Wildman–Crippen MR) is 322 cm³/mol. The molecule has 0 radical (unpaired) electrons. The topological polar surface area (TPSA) is 208 Å². The van der Waals surface area contributed by atoms with Gasteiger partial charge in [0.2, 0.25) is 0 Å². The lowest BCUT2D eigenvalue weighted by molar-refractivity contribution is 0.0797. The van der Waals surface area contributed by atoms with Gasteiger partial charge in [-0.15, -0.1) is 0 Å². The third-order valence-corrected chi connectivity index (χ3v) is 18.3. The number of hydrogen-bond donors (Lipinski definition) is 4. The van der Waals surface area contributed by atoms with Gasteiger partial charge in [0.1, 0.15) is 48.6 Å². The van der Waals surface area contributed by atoms with Gasteiger partial charge in [-0.1, -0.05) is 78.4 Å². The summed E-state index contributed by atoms with van der Waals surface area (Å²) in [5.41, 5.74) is 3.61. The number of phenolic OH excluding ortho intramolecular Hbond substituents is 2. The van der Waals surface area contributed by atoms with Crippen LogP contribution in [0.25, 0.3) is 27.8 Å². The lowest BCUT2D eigenvalue weighted by Gasteiger charge is -2.36. The second kappa shape index (κ2) is 25.9. The first-order valence-electron chi connectivity index (χ1n) is 27.5. The standard InChI is InChI=1S/C60H71F2N13O6S2/c1-10-41(61)16-11-38(4)53-52(56-63-35-64-70(56)9)54-51-47(29-42(62)30-48(51)65-53)57(78)74(68-54)36-73(28-23-69(7)8)59(80)81-34-40-14-19-44(20-15-40)82-83-60(5,6)21-22-71-24-26-72(27-25-71)33-39-12-17-43(18-13-39)75-55(66-67-58(75)79)46-31-45(37(2)3)49(76)32-50(46)77/h10-20,29-32,35,37,52-53,65,76-77H,4,21-28,33-34,36H2,1-3,5-9H3,(H,67,79)/b16-11-,41-10+/t52-,53-/m1/s1. The number of nitrogens with zero attached hydrogens (tertiary/aromatic N) is 11. The second-order valence-corrected chi connectivity index (χ2v) is 25.0. The van der Waals surface area contributed by atoms with Crippen LogP contribution < -0.4 is 16.6 Å². The fourth-order valence-electron chi connectivity index (χ4n) is 10.1. The van der Waals surface area contributed by atoms with Crippen LogP contribution in [0.3, 0.4) is 0 Å². The minimum atomic E-state index is -0.717. The maximum atomic E-state index is 15.4. The number of aryl methyl sites for hydroxylation is 1. The number of benzene rings is 4. The Kier molecular flexibility index (Phi) is 18.7. The zero-order valence-corrected chi connectivity index (χ0v) is 49.6. The summed E-state index contributed by atoms with van der Waals surface area (Å²) in [7, 11) is 8.99. The Bertz CT molecular complexity index is 3660. The molecule has 0 aliphatic carbocycles. The number of aromatic nitrogens is 8. The van der Waals surface area contributed by atoms with Gasteiger partial charge in [0.15, 0.2) is 5.82 Å². The van der Waals surface area contributed by atoms with Crippen molar-refractivity contribution in [2.45, 2.75) is 88.4 Å². The summed E-state index contributed by atoms with van der Waals surface area (Å²) in [6.45, 7) is 20.0. The van der Waals surface area contributed by atoms with Crippen molar-refractivity contribution in [1.29, 1.82) is 0 Å². The molecule has 438 valence electrons. The maximum Gasteiger partial charge on any atom is 0.411 e. The molecule has 2 aliphatic rings. The molecule has 1 fully saturated rings. The van der Waals surface area contributed by atoms with E-state index in [0.717, 1.165) is 72.5 Å². The molecule has 0 unspecified atom stereocenters. The van der Waals surface area contributed by atoms with Gasteiger partial charge < -0.3 is 30.1 Å². The Labute approximate surface area is 488 Å². The number of H-pyrrole nitrogens is 1. The van der Waals surface area contributed by atoms with Crippen molar-refractivity contribution >= 4 is 44.1 Å². The smallest absolute Gasteiger partial charge is 0.411 e. The Morgan fingerprint density at radius 1 is 0.964 bits per heavy atom. The number of carbonyl (C=O) groups is 1. The van der Waals surface area contributed by atoms with Crippen LogP contribution in [-0.4, -0.2) is 146 Å². The first-order valence-corrected chi connectivity index (χ1v) is 29.6. The molecular formula is C60H71F2N13O6S2. The average Bonchev–Trinajstić information content (AvgIpc) is 2.25. The molecule has 9 rings (SSSR count). The van der Waals surface area contributed by atoms with E-state index in [1.54, 1.807) is 35.5 Å². The Hall–Kier alpha value is -7.57. The quantitative estimate of drug-likeness (QED) is 0.0368. The van der Waals surface area contributed by atoms with E-state index in [4.69, 9.17) is 9.84 Å². The number of hydrogen-bond acceptors (Lipinski definition) is 16. The fourth-order valence-corrected chi connectivity index (χ4v) is 12.4. The maximum absolute atomic E-state index is 15.4. The van der Waals surface area contributed by atoms with Crippen LogP contribution >= 0.6 is 21.6 Å². The number of phenols is 2. The number of halogens is 2. The summed E-state index contributed by atoms with van der Waals surface area (Å²) in [5, 5.41) is 40.8. The van der Waals surface area contributed by atoms with E-state index >= 15 is 4.39 Å². The third kappa shape index (κ3) is 14.1. The van der Waals surface area contributed by atoms with Crippen molar-refractivity contribution in [2.75, 3.05) is 65.2 Å². The molecule has 3 aromatic heterocycles. The van der Waals surface area contributed by atoms with Gasteiger partial charge >= 0.3 is 11.8 Å². The number of aromatic amines is 1. The number of ether oxygens (including phenoxy) is 1. The van der Waals surface area contributed by atoms with Gasteiger partial charge in [-0.2, -0.15) is 15.3 Å². The highest BCUT2D eigenvalue weighted by Crippen LogP contribution is 2.44. The molecule has 4 aromatic carbocycles. The van der Waals surface area contributed by atoms with Crippen molar-refractivity contribution in [1.82, 2.24) is 58.9 Å². The Morgan fingerprint density at radius 2 is 1.67 bits per heavy atom. The normalized spacial score (nSPS) is 16.1. The van der Waals surface area contributed by atoms with Crippen molar-refractivity contribution in [3.05, 3.63) is 170 Å². The van der Waals surface area contributed by atoms with Gasteiger partial charge in [-0.05, 0) is 125 Å². The minimum Gasteiger partial charge on any atom is -0.508 e. The molecule has 0 saturated carbocycles. The summed E-state index contributed by atoms with van der Waals surface area (Å²) in [6, 6.07) is 20.4. The number of anilines is 1. The summed E-state index contributed by atoms with van der Waals surface area (Å²) in [4.78, 5) is 55.1. The molecular weight excluding hydrogens is 1100 g/mol. The number of amides is 1. The molecule has 0 spiro atoms. The monoisotopic (exact) mass is 1170 g/mol. The SMILES string of the molecule is C=C(/C=C\C(F)=C/C)[C@H]1Nc2cc(F)cc3c(=O)n(CN(CCN(C)C)C(=O)OCc4ccc(SSC(C)(C)CCN5CCN(Cc6ccc(-n7c(-c8cc(C(C)C)c(O)cc8O)n[nH]c7=O)cc6)CC5)cc4)nc(c23)[C@@H]1c1ncnn1C. The van der Waals surface area contributed by atoms with Gasteiger partial charge in [0, 0.05) is 79.6 Å². The number of carbonyl (C=O) groups excluding carboxylic acids is 1. The lowest BCUT2D eigenvalue weighted by Crippen LogP contribution is -2.46. The Balaban J connectivity index is 0.775. The number of nitrogens with one attached hydrogen (secondary N) is 2. The van der Waals surface area contributed by atoms with Crippen LogP contribution in [0.5, 0.6) is 11.5 Å². The molecule has 2 aliphatic heterocycles. The molecule has 23 heteroatoms. The molecule has 1 amide bonds. The van der Waals surface area contributed by atoms with E-state index in [1.807, 2.05) is 92.2 Å². The number of allylic oxidation sites excluding steroid dienone is 3. The average molecular weight is 1170 g/mol. The molecule has 83 heavy (non-hydrogen) atoms. The molecule has 0 bridgehead atoms. The minimum absolute atomic E-state index is 0.00742. The summed E-state index contributed by atoms with van der Waals surface area (Å²) >= 11 is 0. The molecule has 1 saturated heterocycles. The summed E-state index contributed by atoms with van der Waals surface area (Å²) < 4.78 is 39.8. The van der Waals surface area contributed by atoms with E-state index in [-0.39, 0.29) is 53.2 Å². The van der Waals surface area contributed by atoms with Crippen LogP contribution in [0, 0.1) is 5.82 Å². The zero-order valence-electron chi connectivity index (χ0n) is 48.0. The molecule has 5 heterocycles. The number of aromatic hydroxyl groups is 2. The van der Waals surface area contributed by atoms with E-state index in [9.17, 15) is 29.0 Å². The summed E-state index contributed by atoms with van der Waals surface area (Å²) in [5.74, 6) is -1.30. The zero-order chi connectivity index (χ0) is 59.3. The van der Waals surface area contributed by atoms with Gasteiger partial charge in [-0.3, -0.25) is 19.3 Å². The highest BCUT2D eigenvalue weighted by atomic mass is 33.1. The van der Waals surface area contributed by atoms with Gasteiger partial charge in [0.05, 0.1) is 34.3 Å². The molecule has 7 aromatic rings. The van der Waals surface area contributed by atoms with E-state index in [2.05, 4.69) is 55.8 Å². The predicted octanol–water partition coefficient (Wildman–Crippen LogP) is 9.54. The van der Waals surface area contributed by atoms with Crippen molar-refractivity contribution in [2.24, 2.45) is 7.05 Å². The summed E-state index contributed by atoms with van der Waals surface area (Å²) in [6.07, 6.45) is 5.86. The second-order valence-electron chi connectivity index (χ2n) is 22.1. The van der Waals surface area contributed by atoms with E-state index < -0.39 is 40.9 Å². The lowest BCUT2D eigenvalue weighted by atomic mass is 9.83. The first-order chi connectivity index (χ1) is 39.7. The van der Waals surface area contributed by atoms with Crippen LogP contribution in [-0.2, 0) is 31.6 Å². The van der Waals surface area contributed by atoms with Crippen LogP contribution in [0.15, 0.2) is 130 Å². The van der Waals surface area contributed by atoms with Crippen molar-refractivity contribution < 1.29 is 28.5 Å². The highest BCUT2D eigenvalue weighted by molar-refractivity contribution is 8.77. The Morgan fingerprint density at radius 3 is 2.35 bits per heavy atom. The van der Waals surface area contributed by atoms with Gasteiger partial charge in [0.25, 0.3) is 5.56 Å². The molecule has 4 N–H and O–H groups in total. The largest absolute Gasteiger partial charge is 0.508 e.